The van der Waals surface area contributed by atoms with Crippen molar-refractivity contribution >= 4 is 11.8 Å². The number of allylic oxidation sites excluding steroid dienone is 2. The van der Waals surface area contributed by atoms with Gasteiger partial charge in [-0.1, -0.05) is 30.0 Å². The van der Waals surface area contributed by atoms with Crippen molar-refractivity contribution in [2.75, 3.05) is 0 Å². The Bertz CT molecular complexity index is 602. The van der Waals surface area contributed by atoms with Gasteiger partial charge < -0.3 is 0 Å². The first-order chi connectivity index (χ1) is 11.5. The van der Waals surface area contributed by atoms with Gasteiger partial charge in [0.15, 0.2) is 5.92 Å². The minimum atomic E-state index is -6.50. The largest absolute Gasteiger partial charge is 0.422 e. The Morgan fingerprint density at radius 2 is 1.04 bits per heavy atom. The van der Waals surface area contributed by atoms with Crippen LogP contribution in [0, 0.1) is 5.92 Å². The Hall–Kier alpha value is -1.53. The minimum absolute atomic E-state index is 0.660. The third-order valence-corrected chi connectivity index (χ3v) is 3.87. The summed E-state index contributed by atoms with van der Waals surface area (Å²) in [5.41, 5.74) is -3.85. The van der Waals surface area contributed by atoms with Crippen molar-refractivity contribution in [3.63, 3.8) is 0 Å². The Labute approximate surface area is 141 Å². The molecule has 0 bridgehead atoms. The van der Waals surface area contributed by atoms with Crippen molar-refractivity contribution in [2.45, 2.75) is 29.6 Å². The van der Waals surface area contributed by atoms with Crippen molar-refractivity contribution in [1.82, 2.24) is 0 Å². The summed E-state index contributed by atoms with van der Waals surface area (Å²) in [7, 11) is 0. The maximum Gasteiger partial charge on any atom is 0.422 e. The number of benzene rings is 1. The lowest BCUT2D eigenvalue weighted by Crippen LogP contribution is -2.40. The average molecular weight is 422 g/mol. The molecule has 0 unspecified atom stereocenters. The van der Waals surface area contributed by atoms with E-state index in [9.17, 15) is 52.7 Å². The zero-order valence-electron chi connectivity index (χ0n) is 11.9. The van der Waals surface area contributed by atoms with E-state index >= 15 is 0 Å². The van der Waals surface area contributed by atoms with E-state index in [1.54, 1.807) is 0 Å². The van der Waals surface area contributed by atoms with Gasteiger partial charge in [0.05, 0.1) is 0 Å². The Balaban J connectivity index is 3.84. The van der Waals surface area contributed by atoms with E-state index in [1.807, 2.05) is 0 Å². The van der Waals surface area contributed by atoms with Gasteiger partial charge in [-0.3, -0.25) is 0 Å². The maximum absolute atomic E-state index is 12.8. The van der Waals surface area contributed by atoms with E-state index < -0.39 is 57.8 Å². The highest BCUT2D eigenvalue weighted by Crippen LogP contribution is 2.54. The van der Waals surface area contributed by atoms with Crippen LogP contribution in [0.15, 0.2) is 45.7 Å². The van der Waals surface area contributed by atoms with E-state index in [-0.39, 0.29) is 0 Å². The normalized spacial score (nSPS) is 13.9. The summed E-state index contributed by atoms with van der Waals surface area (Å²) >= 11 is -0.888. The van der Waals surface area contributed by atoms with Crippen LogP contribution in [0.1, 0.15) is 0 Å². The fourth-order valence-electron chi connectivity index (χ4n) is 1.79. The SMILES string of the molecule is FC(F)(F)C(=C(Sc1ccccc1)C(C(F)(F)F)C(F)(F)F)C(F)(F)F. The van der Waals surface area contributed by atoms with Gasteiger partial charge in [-0.15, -0.1) is 0 Å². The van der Waals surface area contributed by atoms with Gasteiger partial charge in [0, 0.05) is 9.80 Å². The molecule has 1 aromatic carbocycles. The van der Waals surface area contributed by atoms with Crippen LogP contribution in [0.4, 0.5) is 52.7 Å². The van der Waals surface area contributed by atoms with Crippen LogP contribution in [0.5, 0.6) is 0 Å². The standard InChI is InChI=1S/C13H6F12S/c14-10(15,16)8(11(17,18)19)7(26-6-4-2-1-3-5-6)9(12(20,21)22)13(23,24)25/h1-5,8H. The molecule has 0 spiro atoms. The second-order valence-electron chi connectivity index (χ2n) is 4.67. The third-order valence-electron chi connectivity index (χ3n) is 2.70. The number of hydrogen-bond donors (Lipinski definition) is 0. The highest BCUT2D eigenvalue weighted by atomic mass is 32.2. The van der Waals surface area contributed by atoms with Crippen LogP contribution in [0.25, 0.3) is 0 Å². The summed E-state index contributed by atoms with van der Waals surface area (Å²) < 4.78 is 153. The maximum atomic E-state index is 12.8. The van der Waals surface area contributed by atoms with Crippen LogP contribution in [0.2, 0.25) is 0 Å². The van der Waals surface area contributed by atoms with Crippen LogP contribution in [0.3, 0.4) is 0 Å². The Kier molecular flexibility index (Phi) is 6.26. The average Bonchev–Trinajstić information content (AvgIpc) is 2.32. The zero-order chi connectivity index (χ0) is 20.6. The molecule has 13 heteroatoms. The molecule has 1 rings (SSSR count). The third kappa shape index (κ3) is 5.74. The summed E-state index contributed by atoms with van der Waals surface area (Å²) in [5.74, 6) is -4.96. The predicted octanol–water partition coefficient (Wildman–Crippen LogP) is 6.90. The van der Waals surface area contributed by atoms with Gasteiger partial charge in [0.2, 0.25) is 0 Å². The molecule has 0 aliphatic heterocycles. The molecule has 0 heterocycles. The van der Waals surface area contributed by atoms with E-state index in [1.165, 1.54) is 6.07 Å². The lowest BCUT2D eigenvalue weighted by molar-refractivity contribution is -0.270. The highest BCUT2D eigenvalue weighted by molar-refractivity contribution is 8.03. The molecule has 0 amide bonds. The monoisotopic (exact) mass is 422 g/mol. The molecule has 26 heavy (non-hydrogen) atoms. The van der Waals surface area contributed by atoms with Crippen molar-refractivity contribution in [2.24, 2.45) is 5.92 Å². The number of alkyl halides is 12. The topological polar surface area (TPSA) is 0 Å². The molecule has 0 atom stereocenters. The molecular weight excluding hydrogens is 416 g/mol. The number of halogens is 12. The predicted molar refractivity (Wildman–Crippen MR) is 67.0 cm³/mol. The number of hydrogen-bond acceptors (Lipinski definition) is 1. The van der Waals surface area contributed by atoms with Gasteiger partial charge >= 0.3 is 24.7 Å². The lowest BCUT2D eigenvalue weighted by atomic mass is 10.0. The summed E-state index contributed by atoms with van der Waals surface area (Å²) in [6.45, 7) is 0. The number of thioether (sulfide) groups is 1. The first kappa shape index (κ1) is 22.5. The van der Waals surface area contributed by atoms with Crippen molar-refractivity contribution in [3.05, 3.63) is 40.8 Å². The quantitative estimate of drug-likeness (QED) is 0.377. The van der Waals surface area contributed by atoms with Gasteiger partial charge in [-0.05, 0) is 12.1 Å². The lowest BCUT2D eigenvalue weighted by Gasteiger charge is -2.28. The van der Waals surface area contributed by atoms with Crippen LogP contribution >= 0.6 is 11.8 Å². The molecule has 1 aromatic rings. The van der Waals surface area contributed by atoms with Gasteiger partial charge in [0.25, 0.3) is 0 Å². The molecule has 0 N–H and O–H groups in total. The van der Waals surface area contributed by atoms with Gasteiger partial charge in [-0.2, -0.15) is 52.7 Å². The summed E-state index contributed by atoms with van der Waals surface area (Å²) in [6, 6.07) is 4.82. The fourth-order valence-corrected chi connectivity index (χ4v) is 3.06. The summed E-state index contributed by atoms with van der Waals surface area (Å²) in [6.07, 6.45) is -25.9. The van der Waals surface area contributed by atoms with Crippen molar-refractivity contribution in [1.29, 1.82) is 0 Å². The smallest absolute Gasteiger partial charge is 0.170 e. The zero-order valence-corrected chi connectivity index (χ0v) is 12.7. The number of rotatable bonds is 3. The van der Waals surface area contributed by atoms with Gasteiger partial charge in [-0.25, -0.2) is 0 Å². The van der Waals surface area contributed by atoms with Crippen LogP contribution < -0.4 is 0 Å². The Morgan fingerprint density at radius 1 is 0.654 bits per heavy atom. The van der Waals surface area contributed by atoms with Crippen molar-refractivity contribution < 1.29 is 52.7 Å². The second kappa shape index (κ2) is 7.24. The van der Waals surface area contributed by atoms with Crippen LogP contribution in [-0.4, -0.2) is 24.7 Å². The molecule has 0 aliphatic carbocycles. The fraction of sp³-hybridized carbons (Fsp3) is 0.385. The molecule has 148 valence electrons. The molecule has 0 nitrogen and oxygen atoms in total. The minimum Gasteiger partial charge on any atom is -0.170 e. The molecule has 0 fully saturated rings. The van der Waals surface area contributed by atoms with E-state index in [0.717, 1.165) is 24.3 Å². The van der Waals surface area contributed by atoms with E-state index in [2.05, 4.69) is 0 Å². The molecule has 0 saturated heterocycles. The first-order valence-corrected chi connectivity index (χ1v) is 7.02. The molecule has 0 saturated carbocycles. The molecule has 0 aromatic heterocycles. The van der Waals surface area contributed by atoms with Crippen molar-refractivity contribution in [3.8, 4) is 0 Å². The highest BCUT2D eigenvalue weighted by Gasteiger charge is 2.64. The van der Waals surface area contributed by atoms with E-state index in [0.29, 0.717) is 0 Å². The first-order valence-electron chi connectivity index (χ1n) is 6.20. The Morgan fingerprint density at radius 3 is 1.35 bits per heavy atom. The molecular formula is C13H6F12S. The summed E-state index contributed by atoms with van der Waals surface area (Å²) in [5, 5.41) is 0. The molecule has 0 radical (unpaired) electrons. The molecule has 0 aliphatic rings. The van der Waals surface area contributed by atoms with Gasteiger partial charge in [0.1, 0.15) is 5.57 Å². The summed E-state index contributed by atoms with van der Waals surface area (Å²) in [4.78, 5) is -3.59. The second-order valence-corrected chi connectivity index (χ2v) is 5.78. The van der Waals surface area contributed by atoms with Crippen LogP contribution in [-0.2, 0) is 0 Å². The van der Waals surface area contributed by atoms with E-state index in [4.69, 9.17) is 0 Å².